The third kappa shape index (κ3) is 3.27. The molecule has 0 aliphatic carbocycles. The van der Waals surface area contributed by atoms with Crippen LogP contribution >= 0.6 is 39.1 Å². The lowest BCUT2D eigenvalue weighted by atomic mass is 10.2. The Morgan fingerprint density at radius 1 is 1.38 bits per heavy atom. The molecule has 1 aromatic rings. The third-order valence-electron chi connectivity index (χ3n) is 1.87. The van der Waals surface area contributed by atoms with Gasteiger partial charge in [0.1, 0.15) is 0 Å². The average molecular weight is 326 g/mol. The van der Waals surface area contributed by atoms with Crippen molar-refractivity contribution in [3.63, 3.8) is 0 Å². The number of anilines is 2. The molecule has 0 atom stereocenters. The molecule has 0 radical (unpaired) electrons. The molecule has 1 N–H and O–H groups in total. The van der Waals surface area contributed by atoms with Gasteiger partial charge in [-0.05, 0) is 12.1 Å². The molecule has 88 valence electrons. The number of amides is 1. The Labute approximate surface area is 113 Å². The second kappa shape index (κ2) is 5.75. The number of hydrogen-bond donors (Lipinski definition) is 1. The highest BCUT2D eigenvalue weighted by Gasteiger charge is 2.11. The van der Waals surface area contributed by atoms with Crippen molar-refractivity contribution in [2.24, 2.45) is 0 Å². The van der Waals surface area contributed by atoms with Crippen LogP contribution in [0.5, 0.6) is 0 Å². The van der Waals surface area contributed by atoms with Gasteiger partial charge in [0.25, 0.3) is 0 Å². The number of carbonyl (C=O) groups is 1. The molecule has 6 heteroatoms. The van der Waals surface area contributed by atoms with E-state index in [0.717, 1.165) is 5.69 Å². The Hall–Kier alpha value is -0.450. The predicted molar refractivity (Wildman–Crippen MR) is 73.2 cm³/mol. The molecule has 0 heterocycles. The largest absolute Gasteiger partial charge is 0.375 e. The average Bonchev–Trinajstić information content (AvgIpc) is 2.15. The molecule has 0 bridgehead atoms. The van der Waals surface area contributed by atoms with Crippen LogP contribution in [-0.2, 0) is 4.79 Å². The van der Waals surface area contributed by atoms with Crippen molar-refractivity contribution >= 4 is 56.4 Å². The van der Waals surface area contributed by atoms with Crippen molar-refractivity contribution in [2.75, 3.05) is 29.6 Å². The van der Waals surface area contributed by atoms with Crippen molar-refractivity contribution in [1.82, 2.24) is 0 Å². The van der Waals surface area contributed by atoms with E-state index in [0.29, 0.717) is 15.7 Å². The molecule has 0 aromatic heterocycles. The van der Waals surface area contributed by atoms with E-state index in [2.05, 4.69) is 21.2 Å². The normalized spacial score (nSPS) is 10.1. The van der Waals surface area contributed by atoms with Crippen molar-refractivity contribution in [3.8, 4) is 0 Å². The summed E-state index contributed by atoms with van der Waals surface area (Å²) in [5, 5.41) is 3.90. The molecular formula is C10H11BrCl2N2O. The minimum absolute atomic E-state index is 0.148. The second-order valence-corrected chi connectivity index (χ2v) is 4.74. The number of nitrogens with zero attached hydrogens (tertiary/aromatic N) is 1. The predicted octanol–water partition coefficient (Wildman–Crippen LogP) is 3.39. The molecule has 0 saturated heterocycles. The van der Waals surface area contributed by atoms with E-state index in [9.17, 15) is 4.79 Å². The van der Waals surface area contributed by atoms with Crippen molar-refractivity contribution in [1.29, 1.82) is 0 Å². The maximum absolute atomic E-state index is 11.2. The van der Waals surface area contributed by atoms with Crippen LogP contribution in [0.15, 0.2) is 12.1 Å². The number of alkyl halides is 1. The number of halogens is 3. The van der Waals surface area contributed by atoms with Crippen LogP contribution < -0.4 is 10.2 Å². The molecule has 1 amide bonds. The van der Waals surface area contributed by atoms with E-state index in [1.165, 1.54) is 0 Å². The Morgan fingerprint density at radius 2 is 1.88 bits per heavy atom. The first-order chi connectivity index (χ1) is 7.45. The summed E-state index contributed by atoms with van der Waals surface area (Å²) in [6, 6.07) is 3.34. The maximum atomic E-state index is 11.2. The summed E-state index contributed by atoms with van der Waals surface area (Å²) in [6.45, 7) is 0. The molecule has 0 aliphatic heterocycles. The molecule has 16 heavy (non-hydrogen) atoms. The Balaban J connectivity index is 3.05. The van der Waals surface area contributed by atoms with E-state index in [4.69, 9.17) is 23.2 Å². The zero-order valence-electron chi connectivity index (χ0n) is 8.85. The van der Waals surface area contributed by atoms with E-state index < -0.39 is 0 Å². The van der Waals surface area contributed by atoms with Crippen LogP contribution in [0.4, 0.5) is 11.4 Å². The van der Waals surface area contributed by atoms with Crippen LogP contribution in [0, 0.1) is 0 Å². The molecule has 1 aromatic carbocycles. The smallest absolute Gasteiger partial charge is 0.235 e. The van der Waals surface area contributed by atoms with Crippen molar-refractivity contribution in [3.05, 3.63) is 22.2 Å². The van der Waals surface area contributed by atoms with Gasteiger partial charge in [-0.3, -0.25) is 4.79 Å². The molecule has 0 unspecified atom stereocenters. The van der Waals surface area contributed by atoms with Crippen molar-refractivity contribution in [2.45, 2.75) is 0 Å². The summed E-state index contributed by atoms with van der Waals surface area (Å²) in [7, 11) is 3.70. The Bertz CT molecular complexity index is 387. The minimum atomic E-state index is -0.148. The molecule has 1 rings (SSSR count). The lowest BCUT2D eigenvalue weighted by Gasteiger charge is -2.17. The van der Waals surface area contributed by atoms with E-state index >= 15 is 0 Å². The van der Waals surface area contributed by atoms with Crippen LogP contribution in [0.1, 0.15) is 0 Å². The topological polar surface area (TPSA) is 32.3 Å². The number of nitrogens with one attached hydrogen (secondary N) is 1. The number of benzene rings is 1. The summed E-state index contributed by atoms with van der Waals surface area (Å²) in [4.78, 5) is 13.0. The van der Waals surface area contributed by atoms with Gasteiger partial charge in [-0.15, -0.1) is 0 Å². The lowest BCUT2D eigenvalue weighted by Crippen LogP contribution is -2.13. The van der Waals surface area contributed by atoms with Gasteiger partial charge in [-0.25, -0.2) is 0 Å². The zero-order chi connectivity index (χ0) is 12.3. The molecule has 3 nitrogen and oxygen atoms in total. The van der Waals surface area contributed by atoms with Gasteiger partial charge in [0, 0.05) is 19.8 Å². The first-order valence-corrected chi connectivity index (χ1v) is 6.35. The van der Waals surface area contributed by atoms with E-state index in [-0.39, 0.29) is 11.2 Å². The lowest BCUT2D eigenvalue weighted by molar-refractivity contribution is -0.113. The van der Waals surface area contributed by atoms with E-state index in [1.54, 1.807) is 12.1 Å². The highest BCUT2D eigenvalue weighted by atomic mass is 79.9. The van der Waals surface area contributed by atoms with Crippen LogP contribution in [0.25, 0.3) is 0 Å². The fraction of sp³-hybridized carbons (Fsp3) is 0.300. The number of carbonyl (C=O) groups excluding carboxylic acids is 1. The first-order valence-electron chi connectivity index (χ1n) is 4.48. The zero-order valence-corrected chi connectivity index (χ0v) is 11.9. The quantitative estimate of drug-likeness (QED) is 0.864. The van der Waals surface area contributed by atoms with Gasteiger partial charge in [-0.2, -0.15) is 0 Å². The summed E-state index contributed by atoms with van der Waals surface area (Å²) in [6.07, 6.45) is 0. The summed E-state index contributed by atoms with van der Waals surface area (Å²) in [5.74, 6) is -0.148. The van der Waals surface area contributed by atoms with Crippen LogP contribution in [0.3, 0.4) is 0 Å². The highest BCUT2D eigenvalue weighted by Crippen LogP contribution is 2.35. The SMILES string of the molecule is CN(C)c1c(Cl)cc(NC(=O)CBr)cc1Cl. The molecule has 0 spiro atoms. The van der Waals surface area contributed by atoms with Gasteiger partial charge in [0.2, 0.25) is 5.91 Å². The standard InChI is InChI=1S/C10H11BrCl2N2O/c1-15(2)10-7(12)3-6(4-8(10)13)14-9(16)5-11/h3-4H,5H2,1-2H3,(H,14,16). The summed E-state index contributed by atoms with van der Waals surface area (Å²) in [5.41, 5.74) is 1.32. The molecule has 0 fully saturated rings. The van der Waals surface area contributed by atoms with Crippen LogP contribution in [-0.4, -0.2) is 25.3 Å². The first kappa shape index (κ1) is 13.6. The fourth-order valence-corrected chi connectivity index (χ4v) is 2.22. The molecular weight excluding hydrogens is 315 g/mol. The number of hydrogen-bond acceptors (Lipinski definition) is 2. The summed E-state index contributed by atoms with van der Waals surface area (Å²) < 4.78 is 0. The number of rotatable bonds is 3. The van der Waals surface area contributed by atoms with Crippen LogP contribution in [0.2, 0.25) is 10.0 Å². The van der Waals surface area contributed by atoms with Gasteiger partial charge in [-0.1, -0.05) is 39.1 Å². The van der Waals surface area contributed by atoms with E-state index in [1.807, 2.05) is 19.0 Å². The summed E-state index contributed by atoms with van der Waals surface area (Å²) >= 11 is 15.2. The maximum Gasteiger partial charge on any atom is 0.235 e. The van der Waals surface area contributed by atoms with Gasteiger partial charge in [0.05, 0.1) is 21.1 Å². The van der Waals surface area contributed by atoms with Gasteiger partial charge < -0.3 is 10.2 Å². The van der Waals surface area contributed by atoms with Gasteiger partial charge in [0.15, 0.2) is 0 Å². The molecule has 0 aliphatic rings. The Kier molecular flexibility index (Phi) is 4.89. The highest BCUT2D eigenvalue weighted by molar-refractivity contribution is 9.09. The monoisotopic (exact) mass is 324 g/mol. The van der Waals surface area contributed by atoms with Crippen molar-refractivity contribution < 1.29 is 4.79 Å². The third-order valence-corrected chi connectivity index (χ3v) is 2.95. The molecule has 0 saturated carbocycles. The Morgan fingerprint density at radius 3 is 2.25 bits per heavy atom. The minimum Gasteiger partial charge on any atom is -0.375 e. The fourth-order valence-electron chi connectivity index (χ4n) is 1.26. The van der Waals surface area contributed by atoms with Gasteiger partial charge >= 0.3 is 0 Å². The second-order valence-electron chi connectivity index (χ2n) is 3.36.